The van der Waals surface area contributed by atoms with E-state index in [9.17, 15) is 9.59 Å². The summed E-state index contributed by atoms with van der Waals surface area (Å²) in [5.74, 6) is -0.429. The fourth-order valence-corrected chi connectivity index (χ4v) is 1.98. The van der Waals surface area contributed by atoms with Gasteiger partial charge in [-0.3, -0.25) is 9.78 Å². The highest BCUT2D eigenvalue weighted by molar-refractivity contribution is 5.90. The Hall–Kier alpha value is -2.89. The summed E-state index contributed by atoms with van der Waals surface area (Å²) in [7, 11) is 1.34. The number of carbonyl (C=O) groups is 2. The molecule has 1 amide bonds. The highest BCUT2D eigenvalue weighted by Crippen LogP contribution is 2.11. The van der Waals surface area contributed by atoms with Crippen molar-refractivity contribution in [1.29, 1.82) is 0 Å². The number of ether oxygens (including phenoxy) is 1. The molecular formula is C17H19N3O3. The van der Waals surface area contributed by atoms with E-state index in [0.29, 0.717) is 25.1 Å². The van der Waals surface area contributed by atoms with E-state index in [2.05, 4.69) is 20.4 Å². The quantitative estimate of drug-likeness (QED) is 0.764. The second-order valence-electron chi connectivity index (χ2n) is 4.88. The fourth-order valence-electron chi connectivity index (χ4n) is 1.98. The van der Waals surface area contributed by atoms with Gasteiger partial charge >= 0.3 is 5.97 Å². The number of rotatable bonds is 7. The molecule has 0 aliphatic carbocycles. The van der Waals surface area contributed by atoms with E-state index in [0.717, 1.165) is 11.3 Å². The lowest BCUT2D eigenvalue weighted by atomic mass is 10.2. The number of methoxy groups -OCH3 is 1. The molecule has 6 heteroatoms. The van der Waals surface area contributed by atoms with Crippen LogP contribution in [0.2, 0.25) is 0 Å². The monoisotopic (exact) mass is 313 g/mol. The molecule has 1 heterocycles. The number of hydrogen-bond acceptors (Lipinski definition) is 5. The third-order valence-corrected chi connectivity index (χ3v) is 3.20. The summed E-state index contributed by atoms with van der Waals surface area (Å²) in [6, 6.07) is 10.7. The SMILES string of the molecule is COC(=O)c1cccc(NCCC(=O)NCc2ccncc2)c1. The second kappa shape index (κ2) is 8.53. The van der Waals surface area contributed by atoms with E-state index < -0.39 is 0 Å². The zero-order valence-electron chi connectivity index (χ0n) is 12.9. The molecule has 1 aromatic heterocycles. The molecular weight excluding hydrogens is 294 g/mol. The van der Waals surface area contributed by atoms with E-state index >= 15 is 0 Å². The Kier molecular flexibility index (Phi) is 6.11. The van der Waals surface area contributed by atoms with Crippen LogP contribution in [-0.4, -0.2) is 30.5 Å². The summed E-state index contributed by atoms with van der Waals surface area (Å²) in [6.45, 7) is 0.964. The van der Waals surface area contributed by atoms with Gasteiger partial charge in [0.1, 0.15) is 0 Å². The normalized spacial score (nSPS) is 9.96. The van der Waals surface area contributed by atoms with Crippen molar-refractivity contribution < 1.29 is 14.3 Å². The molecule has 2 N–H and O–H groups in total. The molecule has 0 spiro atoms. The Bertz CT molecular complexity index is 659. The summed E-state index contributed by atoms with van der Waals surface area (Å²) >= 11 is 0. The molecule has 0 saturated carbocycles. The van der Waals surface area contributed by atoms with Gasteiger partial charge in [-0.15, -0.1) is 0 Å². The summed E-state index contributed by atoms with van der Waals surface area (Å²) in [5, 5.41) is 5.96. The van der Waals surface area contributed by atoms with Crippen molar-refractivity contribution in [1.82, 2.24) is 10.3 Å². The van der Waals surface area contributed by atoms with Crippen molar-refractivity contribution in [3.05, 3.63) is 59.9 Å². The van der Waals surface area contributed by atoms with Crippen LogP contribution in [0.4, 0.5) is 5.69 Å². The van der Waals surface area contributed by atoms with Crippen LogP contribution in [0.5, 0.6) is 0 Å². The molecule has 0 saturated heterocycles. The summed E-state index contributed by atoms with van der Waals surface area (Å²) in [4.78, 5) is 27.2. The Labute approximate surface area is 134 Å². The number of amides is 1. The number of carbonyl (C=O) groups excluding carboxylic acids is 2. The number of esters is 1. The van der Waals surface area contributed by atoms with Crippen molar-refractivity contribution in [2.75, 3.05) is 19.0 Å². The largest absolute Gasteiger partial charge is 0.465 e. The minimum atomic E-state index is -0.385. The van der Waals surface area contributed by atoms with Crippen LogP contribution in [0.3, 0.4) is 0 Å². The van der Waals surface area contributed by atoms with Gasteiger partial charge in [-0.05, 0) is 35.9 Å². The number of pyridine rings is 1. The fraction of sp³-hybridized carbons (Fsp3) is 0.235. The van der Waals surface area contributed by atoms with Crippen LogP contribution in [0.15, 0.2) is 48.8 Å². The van der Waals surface area contributed by atoms with Gasteiger partial charge < -0.3 is 15.4 Å². The third-order valence-electron chi connectivity index (χ3n) is 3.20. The van der Waals surface area contributed by atoms with Crippen LogP contribution >= 0.6 is 0 Å². The van der Waals surface area contributed by atoms with Crippen LogP contribution in [0.1, 0.15) is 22.3 Å². The van der Waals surface area contributed by atoms with Gasteiger partial charge in [-0.1, -0.05) is 6.07 Å². The maximum Gasteiger partial charge on any atom is 0.337 e. The second-order valence-corrected chi connectivity index (χ2v) is 4.88. The Morgan fingerprint density at radius 2 is 1.96 bits per heavy atom. The highest BCUT2D eigenvalue weighted by atomic mass is 16.5. The van der Waals surface area contributed by atoms with Crippen LogP contribution in [-0.2, 0) is 16.1 Å². The van der Waals surface area contributed by atoms with Gasteiger partial charge in [0.15, 0.2) is 0 Å². The van der Waals surface area contributed by atoms with E-state index in [1.54, 1.807) is 30.6 Å². The van der Waals surface area contributed by atoms with Crippen LogP contribution in [0, 0.1) is 0 Å². The maximum absolute atomic E-state index is 11.8. The first-order chi connectivity index (χ1) is 11.2. The molecule has 0 radical (unpaired) electrons. The average Bonchev–Trinajstić information content (AvgIpc) is 2.60. The first-order valence-electron chi connectivity index (χ1n) is 7.27. The molecule has 0 aliphatic heterocycles. The number of nitrogens with zero attached hydrogens (tertiary/aromatic N) is 1. The zero-order valence-corrected chi connectivity index (χ0v) is 12.9. The van der Waals surface area contributed by atoms with E-state index in [1.165, 1.54) is 7.11 Å². The first kappa shape index (κ1) is 16.5. The summed E-state index contributed by atoms with van der Waals surface area (Å²) < 4.78 is 4.67. The molecule has 0 unspecified atom stereocenters. The zero-order chi connectivity index (χ0) is 16.5. The molecule has 2 rings (SSSR count). The van der Waals surface area contributed by atoms with Crippen LogP contribution in [0.25, 0.3) is 0 Å². The third kappa shape index (κ3) is 5.43. The van der Waals surface area contributed by atoms with Crippen molar-refractivity contribution >= 4 is 17.6 Å². The molecule has 0 fully saturated rings. The number of benzene rings is 1. The topological polar surface area (TPSA) is 80.3 Å². The molecule has 120 valence electrons. The molecule has 1 aromatic carbocycles. The van der Waals surface area contributed by atoms with E-state index in [4.69, 9.17) is 0 Å². The smallest absolute Gasteiger partial charge is 0.337 e. The van der Waals surface area contributed by atoms with Gasteiger partial charge in [0.05, 0.1) is 12.7 Å². The Morgan fingerprint density at radius 3 is 2.70 bits per heavy atom. The summed E-state index contributed by atoms with van der Waals surface area (Å²) in [6.07, 6.45) is 3.72. The van der Waals surface area contributed by atoms with Gasteiger partial charge in [-0.25, -0.2) is 4.79 Å². The minimum Gasteiger partial charge on any atom is -0.465 e. The van der Waals surface area contributed by atoms with Gasteiger partial charge in [0, 0.05) is 37.6 Å². The van der Waals surface area contributed by atoms with Gasteiger partial charge in [-0.2, -0.15) is 0 Å². The number of anilines is 1. The number of nitrogens with one attached hydrogen (secondary N) is 2. The van der Waals surface area contributed by atoms with Crippen molar-refractivity contribution in [2.45, 2.75) is 13.0 Å². The molecule has 0 atom stereocenters. The van der Waals surface area contributed by atoms with Gasteiger partial charge in [0.25, 0.3) is 0 Å². The molecule has 0 aliphatic rings. The Morgan fingerprint density at radius 1 is 1.17 bits per heavy atom. The number of aromatic nitrogens is 1. The van der Waals surface area contributed by atoms with E-state index in [1.807, 2.05) is 18.2 Å². The molecule has 6 nitrogen and oxygen atoms in total. The minimum absolute atomic E-state index is 0.0431. The lowest BCUT2D eigenvalue weighted by molar-refractivity contribution is -0.121. The van der Waals surface area contributed by atoms with Crippen LogP contribution < -0.4 is 10.6 Å². The predicted molar refractivity (Wildman–Crippen MR) is 87.0 cm³/mol. The van der Waals surface area contributed by atoms with Crippen molar-refractivity contribution in [3.8, 4) is 0 Å². The highest BCUT2D eigenvalue weighted by Gasteiger charge is 2.06. The maximum atomic E-state index is 11.8. The average molecular weight is 313 g/mol. The summed E-state index contributed by atoms with van der Waals surface area (Å²) in [5.41, 5.74) is 2.25. The van der Waals surface area contributed by atoms with E-state index in [-0.39, 0.29) is 11.9 Å². The number of hydrogen-bond donors (Lipinski definition) is 2. The lowest BCUT2D eigenvalue weighted by Gasteiger charge is -2.08. The van der Waals surface area contributed by atoms with Gasteiger partial charge in [0.2, 0.25) is 5.91 Å². The van der Waals surface area contributed by atoms with Crippen molar-refractivity contribution in [3.63, 3.8) is 0 Å². The Balaban J connectivity index is 1.74. The predicted octanol–water partition coefficient (Wildman–Crippen LogP) is 1.99. The van der Waals surface area contributed by atoms with Crippen molar-refractivity contribution in [2.24, 2.45) is 0 Å². The molecule has 2 aromatic rings. The molecule has 0 bridgehead atoms. The molecule has 23 heavy (non-hydrogen) atoms. The lowest BCUT2D eigenvalue weighted by Crippen LogP contribution is -2.24. The standard InChI is InChI=1S/C17H19N3O3/c1-23-17(22)14-3-2-4-15(11-14)19-10-7-16(21)20-12-13-5-8-18-9-6-13/h2-6,8-9,11,19H,7,10,12H2,1H3,(H,20,21). The first-order valence-corrected chi connectivity index (χ1v) is 7.27.